The smallest absolute Gasteiger partial charge is 0.167 e. The van der Waals surface area contributed by atoms with E-state index in [9.17, 15) is 9.59 Å². The Morgan fingerprint density at radius 3 is 1.58 bits per heavy atom. The highest BCUT2D eigenvalue weighted by Crippen LogP contribution is 2.40. The molecule has 1 saturated heterocycles. The van der Waals surface area contributed by atoms with E-state index in [1.54, 1.807) is 0 Å². The number of hydrogen-bond donors (Lipinski definition) is 0. The quantitative estimate of drug-likeness (QED) is 0.478. The lowest BCUT2D eigenvalue weighted by Gasteiger charge is -2.43. The van der Waals surface area contributed by atoms with Crippen LogP contribution in [0.4, 0.5) is 0 Å². The van der Waals surface area contributed by atoms with Crippen LogP contribution in [0.2, 0.25) is 0 Å². The van der Waals surface area contributed by atoms with E-state index < -0.39 is 0 Å². The second-order valence-corrected chi connectivity index (χ2v) is 9.17. The van der Waals surface area contributed by atoms with Crippen molar-refractivity contribution in [1.29, 1.82) is 0 Å². The summed E-state index contributed by atoms with van der Waals surface area (Å²) in [5, 5.41) is 0. The van der Waals surface area contributed by atoms with Gasteiger partial charge in [0.05, 0.1) is 0 Å². The predicted molar refractivity (Wildman–Crippen MR) is 133 cm³/mol. The van der Waals surface area contributed by atoms with Crippen LogP contribution in [-0.2, 0) is 0 Å². The molecule has 3 aromatic rings. The van der Waals surface area contributed by atoms with Crippen LogP contribution < -0.4 is 0 Å². The summed E-state index contributed by atoms with van der Waals surface area (Å²) < 4.78 is 0. The van der Waals surface area contributed by atoms with Crippen LogP contribution in [0.15, 0.2) is 91.0 Å². The van der Waals surface area contributed by atoms with E-state index in [4.69, 9.17) is 0 Å². The van der Waals surface area contributed by atoms with Gasteiger partial charge in [-0.3, -0.25) is 9.59 Å². The Bertz CT molecular complexity index is 989. The molecule has 4 nitrogen and oxygen atoms in total. The number of likely N-dealkylation sites (N-methyl/N-ethyl adjacent to an activating group) is 1. The molecule has 0 bridgehead atoms. The molecule has 0 saturated carbocycles. The number of ketones is 2. The maximum Gasteiger partial charge on any atom is 0.167 e. The molecule has 3 aromatic carbocycles. The largest absolute Gasteiger partial charge is 0.308 e. The minimum atomic E-state index is -0.289. The topological polar surface area (TPSA) is 40.6 Å². The zero-order chi connectivity index (χ0) is 23.2. The van der Waals surface area contributed by atoms with Crippen LogP contribution in [0, 0.1) is 11.8 Å². The molecule has 0 spiro atoms. The van der Waals surface area contributed by atoms with E-state index in [2.05, 4.69) is 36.0 Å². The molecule has 0 radical (unpaired) electrons. The van der Waals surface area contributed by atoms with Crippen LogP contribution >= 0.6 is 0 Å². The molecule has 4 rings (SSSR count). The summed E-state index contributed by atoms with van der Waals surface area (Å²) in [6.07, 6.45) is 0. The van der Waals surface area contributed by atoms with Crippen molar-refractivity contribution in [3.63, 3.8) is 0 Å². The second kappa shape index (κ2) is 10.7. The number of piperidine rings is 1. The molecule has 3 atom stereocenters. The minimum Gasteiger partial charge on any atom is -0.308 e. The fraction of sp³-hybridized carbons (Fsp3) is 0.310. The molecule has 1 heterocycles. The summed E-state index contributed by atoms with van der Waals surface area (Å²) in [6, 6.07) is 29.1. The van der Waals surface area contributed by atoms with E-state index in [1.165, 1.54) is 0 Å². The van der Waals surface area contributed by atoms with Crippen molar-refractivity contribution in [3.8, 4) is 0 Å². The summed E-state index contributed by atoms with van der Waals surface area (Å²) in [5.41, 5.74) is 2.49. The third-order valence-corrected chi connectivity index (χ3v) is 6.61. The fourth-order valence-electron chi connectivity index (χ4n) is 4.93. The molecule has 4 heteroatoms. The lowest BCUT2D eigenvalue weighted by atomic mass is 9.68. The highest BCUT2D eigenvalue weighted by atomic mass is 16.1. The minimum absolute atomic E-state index is 0.116. The molecule has 33 heavy (non-hydrogen) atoms. The second-order valence-electron chi connectivity index (χ2n) is 9.17. The predicted octanol–water partition coefficient (Wildman–Crippen LogP) is 4.65. The number of benzene rings is 3. The van der Waals surface area contributed by atoms with Crippen LogP contribution in [0.25, 0.3) is 0 Å². The standard InChI is InChI=1S/C29H32N2O2/c1-30(2)18-19-31-20-25(28(32)23-14-8-4-9-15-23)27(22-12-6-3-7-13-22)26(21-31)29(33)24-16-10-5-11-17-24/h3-17,25-27H,18-21H2,1-2H3/t25-,26+,27?. The third-order valence-electron chi connectivity index (χ3n) is 6.61. The summed E-state index contributed by atoms with van der Waals surface area (Å²) in [6.45, 7) is 3.01. The molecule has 1 aliphatic rings. The number of rotatable bonds is 8. The van der Waals surface area contributed by atoms with Crippen molar-refractivity contribution < 1.29 is 9.59 Å². The van der Waals surface area contributed by atoms with Crippen LogP contribution in [0.5, 0.6) is 0 Å². The van der Waals surface area contributed by atoms with Gasteiger partial charge >= 0.3 is 0 Å². The number of likely N-dealkylation sites (tertiary alicyclic amines) is 1. The normalized spacial score (nSPS) is 21.1. The van der Waals surface area contributed by atoms with Crippen molar-refractivity contribution in [2.24, 2.45) is 11.8 Å². The van der Waals surface area contributed by atoms with Gasteiger partial charge in [-0.1, -0.05) is 91.0 Å². The van der Waals surface area contributed by atoms with Gasteiger partial charge in [-0.05, 0) is 19.7 Å². The van der Waals surface area contributed by atoms with Gasteiger partial charge in [0, 0.05) is 55.1 Å². The highest BCUT2D eigenvalue weighted by Gasteiger charge is 2.44. The number of carbonyl (C=O) groups excluding carboxylic acids is 2. The monoisotopic (exact) mass is 440 g/mol. The Morgan fingerprint density at radius 1 is 0.727 bits per heavy atom. The Balaban J connectivity index is 1.76. The third kappa shape index (κ3) is 5.47. The summed E-state index contributed by atoms with van der Waals surface area (Å²) in [4.78, 5) is 32.1. The lowest BCUT2D eigenvalue weighted by Crippen LogP contribution is -2.51. The highest BCUT2D eigenvalue weighted by molar-refractivity contribution is 6.02. The number of Topliss-reactive ketones (excluding diaryl/α,β-unsaturated/α-hetero) is 2. The van der Waals surface area contributed by atoms with E-state index in [0.29, 0.717) is 24.2 Å². The maximum absolute atomic E-state index is 13.8. The maximum atomic E-state index is 13.8. The van der Waals surface area contributed by atoms with E-state index in [1.807, 2.05) is 78.9 Å². The molecule has 0 amide bonds. The van der Waals surface area contributed by atoms with Gasteiger partial charge in [0.2, 0.25) is 0 Å². The molecule has 170 valence electrons. The zero-order valence-corrected chi connectivity index (χ0v) is 19.4. The average molecular weight is 441 g/mol. The first-order chi connectivity index (χ1) is 16.0. The molecule has 0 N–H and O–H groups in total. The zero-order valence-electron chi connectivity index (χ0n) is 19.4. The first-order valence-corrected chi connectivity index (χ1v) is 11.6. The SMILES string of the molecule is CN(C)CCN1C[C@H](C(=O)c2ccccc2)C(c2ccccc2)[C@H](C(=O)c2ccccc2)C1. The van der Waals surface area contributed by atoms with Crippen molar-refractivity contribution in [2.45, 2.75) is 5.92 Å². The van der Waals surface area contributed by atoms with E-state index in [0.717, 1.165) is 18.7 Å². The van der Waals surface area contributed by atoms with E-state index >= 15 is 0 Å². The van der Waals surface area contributed by atoms with Crippen LogP contribution in [0.3, 0.4) is 0 Å². The molecule has 1 aliphatic heterocycles. The van der Waals surface area contributed by atoms with Crippen molar-refractivity contribution in [1.82, 2.24) is 9.80 Å². The fourth-order valence-corrected chi connectivity index (χ4v) is 4.93. The summed E-state index contributed by atoms with van der Waals surface area (Å²) in [5.74, 6) is -0.510. The lowest BCUT2D eigenvalue weighted by molar-refractivity contribution is 0.0560. The van der Waals surface area contributed by atoms with E-state index in [-0.39, 0.29) is 29.3 Å². The van der Waals surface area contributed by atoms with Gasteiger partial charge in [-0.2, -0.15) is 0 Å². The van der Waals surface area contributed by atoms with Crippen LogP contribution in [-0.4, -0.2) is 61.6 Å². The Kier molecular flexibility index (Phi) is 7.48. The Labute approximate surface area is 196 Å². The average Bonchev–Trinajstić information content (AvgIpc) is 2.87. The summed E-state index contributed by atoms with van der Waals surface area (Å²) >= 11 is 0. The van der Waals surface area contributed by atoms with Crippen molar-refractivity contribution in [2.75, 3.05) is 40.3 Å². The number of hydrogen-bond acceptors (Lipinski definition) is 4. The molecular weight excluding hydrogens is 408 g/mol. The van der Waals surface area contributed by atoms with Gasteiger partial charge in [-0.25, -0.2) is 0 Å². The molecule has 0 aliphatic carbocycles. The molecular formula is C29H32N2O2. The van der Waals surface area contributed by atoms with Crippen molar-refractivity contribution >= 4 is 11.6 Å². The Morgan fingerprint density at radius 2 is 1.15 bits per heavy atom. The molecule has 1 unspecified atom stereocenters. The van der Waals surface area contributed by atoms with Gasteiger partial charge in [-0.15, -0.1) is 0 Å². The molecule has 0 aromatic heterocycles. The van der Waals surface area contributed by atoms with Gasteiger partial charge < -0.3 is 9.80 Å². The van der Waals surface area contributed by atoms with Gasteiger partial charge in [0.25, 0.3) is 0 Å². The van der Waals surface area contributed by atoms with Gasteiger partial charge in [0.15, 0.2) is 11.6 Å². The number of carbonyl (C=O) groups is 2. The van der Waals surface area contributed by atoms with Crippen molar-refractivity contribution in [3.05, 3.63) is 108 Å². The Hall–Kier alpha value is -3.08. The summed E-state index contributed by atoms with van der Waals surface area (Å²) in [7, 11) is 4.10. The molecule has 1 fully saturated rings. The first kappa shape index (κ1) is 23.1. The first-order valence-electron chi connectivity index (χ1n) is 11.6. The van der Waals surface area contributed by atoms with Crippen LogP contribution in [0.1, 0.15) is 32.2 Å². The van der Waals surface area contributed by atoms with Gasteiger partial charge in [0.1, 0.15) is 0 Å². The number of nitrogens with zero attached hydrogens (tertiary/aromatic N) is 2.